The van der Waals surface area contributed by atoms with Crippen molar-refractivity contribution < 1.29 is 23.4 Å². The fourth-order valence-electron chi connectivity index (χ4n) is 1.10. The van der Waals surface area contributed by atoms with E-state index in [0.29, 0.717) is 6.61 Å². The number of hydrogen-bond acceptors (Lipinski definition) is 5. The maximum Gasteiger partial charge on any atom is 0.316 e. The highest BCUT2D eigenvalue weighted by atomic mass is 31.1. The van der Waals surface area contributed by atoms with Crippen LogP contribution in [0.25, 0.3) is 0 Å². The SMILES string of the molecule is CCO[PH](=O)CC(C(=O)CC)C(=O)OC. The molecule has 0 aliphatic heterocycles. The topological polar surface area (TPSA) is 69.7 Å². The normalized spacial score (nSPS) is 14.3. The van der Waals surface area contributed by atoms with Crippen molar-refractivity contribution in [1.82, 2.24) is 0 Å². The summed E-state index contributed by atoms with van der Waals surface area (Å²) in [7, 11) is -1.12. The lowest BCUT2D eigenvalue weighted by molar-refractivity contribution is -0.148. The molecular weight excluding hydrogens is 219 g/mol. The van der Waals surface area contributed by atoms with Crippen LogP contribution in [0.5, 0.6) is 0 Å². The summed E-state index contributed by atoms with van der Waals surface area (Å²) < 4.78 is 20.6. The minimum absolute atomic E-state index is 0.0577. The van der Waals surface area contributed by atoms with E-state index in [0.717, 1.165) is 0 Å². The van der Waals surface area contributed by atoms with Gasteiger partial charge >= 0.3 is 5.97 Å². The average molecular weight is 236 g/mol. The molecule has 6 heteroatoms. The van der Waals surface area contributed by atoms with Crippen molar-refractivity contribution in [3.05, 3.63) is 0 Å². The van der Waals surface area contributed by atoms with Crippen LogP contribution in [0.4, 0.5) is 0 Å². The lowest BCUT2D eigenvalue weighted by Crippen LogP contribution is -2.27. The van der Waals surface area contributed by atoms with Gasteiger partial charge in [-0.2, -0.15) is 0 Å². The van der Waals surface area contributed by atoms with Crippen molar-refractivity contribution >= 4 is 19.8 Å². The zero-order valence-electron chi connectivity index (χ0n) is 9.24. The fraction of sp³-hybridized carbons (Fsp3) is 0.778. The molecule has 0 rings (SSSR count). The number of Topliss-reactive ketones (excluding diaryl/α,β-unsaturated/α-hetero) is 1. The highest BCUT2D eigenvalue weighted by Crippen LogP contribution is 2.26. The van der Waals surface area contributed by atoms with Crippen LogP contribution in [0.3, 0.4) is 0 Å². The Labute approximate surface area is 90.0 Å². The van der Waals surface area contributed by atoms with E-state index in [9.17, 15) is 14.2 Å². The molecule has 0 aromatic rings. The second-order valence-corrected chi connectivity index (χ2v) is 4.35. The summed E-state index contributed by atoms with van der Waals surface area (Å²) in [5, 5.41) is 0. The Morgan fingerprint density at radius 2 is 1.93 bits per heavy atom. The Bertz CT molecular complexity index is 235. The van der Waals surface area contributed by atoms with Gasteiger partial charge in [0.25, 0.3) is 0 Å². The number of rotatable bonds is 7. The third-order valence-electron chi connectivity index (χ3n) is 1.90. The maximum atomic E-state index is 11.4. The van der Waals surface area contributed by atoms with Crippen LogP contribution < -0.4 is 0 Å². The number of ether oxygens (including phenoxy) is 1. The zero-order chi connectivity index (χ0) is 11.8. The molecule has 0 aromatic carbocycles. The van der Waals surface area contributed by atoms with Crippen LogP contribution >= 0.6 is 8.03 Å². The highest BCUT2D eigenvalue weighted by molar-refractivity contribution is 7.39. The molecule has 0 radical (unpaired) electrons. The van der Waals surface area contributed by atoms with Crippen LogP contribution in [0.1, 0.15) is 20.3 Å². The Morgan fingerprint density at radius 3 is 2.33 bits per heavy atom. The minimum atomic E-state index is -2.32. The number of ketones is 1. The van der Waals surface area contributed by atoms with Gasteiger partial charge in [0.05, 0.1) is 13.7 Å². The molecule has 0 saturated heterocycles. The predicted molar refractivity (Wildman–Crippen MR) is 56.3 cm³/mol. The predicted octanol–water partition coefficient (Wildman–Crippen LogP) is 1.27. The summed E-state index contributed by atoms with van der Waals surface area (Å²) >= 11 is 0. The van der Waals surface area contributed by atoms with Gasteiger partial charge in [0, 0.05) is 12.6 Å². The minimum Gasteiger partial charge on any atom is -0.468 e. The Kier molecular flexibility index (Phi) is 7.26. The number of carbonyl (C=O) groups excluding carboxylic acids is 2. The van der Waals surface area contributed by atoms with Crippen LogP contribution in [-0.4, -0.2) is 31.6 Å². The summed E-state index contributed by atoms with van der Waals surface area (Å²) in [4.78, 5) is 22.6. The molecule has 15 heavy (non-hydrogen) atoms. The van der Waals surface area contributed by atoms with Crippen molar-refractivity contribution in [2.45, 2.75) is 20.3 Å². The smallest absolute Gasteiger partial charge is 0.316 e. The Balaban J connectivity index is 4.44. The molecule has 5 nitrogen and oxygen atoms in total. The molecule has 0 fully saturated rings. The molecule has 0 aliphatic carbocycles. The largest absolute Gasteiger partial charge is 0.468 e. The van der Waals surface area contributed by atoms with E-state index in [1.165, 1.54) is 7.11 Å². The van der Waals surface area contributed by atoms with Crippen LogP contribution in [0, 0.1) is 5.92 Å². The summed E-state index contributed by atoms with van der Waals surface area (Å²) in [6.45, 7) is 3.67. The maximum absolute atomic E-state index is 11.4. The summed E-state index contributed by atoms with van der Waals surface area (Å²) in [6.07, 6.45) is 0.166. The van der Waals surface area contributed by atoms with Crippen molar-refractivity contribution in [3.63, 3.8) is 0 Å². The molecule has 0 bridgehead atoms. The van der Waals surface area contributed by atoms with Gasteiger partial charge in [-0.25, -0.2) is 0 Å². The van der Waals surface area contributed by atoms with E-state index in [4.69, 9.17) is 4.52 Å². The third kappa shape index (κ3) is 5.09. The molecule has 2 unspecified atom stereocenters. The average Bonchev–Trinajstić information content (AvgIpc) is 2.24. The van der Waals surface area contributed by atoms with Gasteiger partial charge in [0.2, 0.25) is 0 Å². The number of methoxy groups -OCH3 is 1. The standard InChI is InChI=1S/C9H17O5P/c1-4-8(10)7(9(11)13-3)6-15(12)14-5-2/h7,15H,4-6H2,1-3H3. The molecule has 0 heterocycles. The first-order valence-electron chi connectivity index (χ1n) is 4.82. The van der Waals surface area contributed by atoms with E-state index in [2.05, 4.69) is 4.74 Å². The first kappa shape index (κ1) is 14.3. The van der Waals surface area contributed by atoms with Gasteiger partial charge in [0.1, 0.15) is 11.7 Å². The summed E-state index contributed by atoms with van der Waals surface area (Å²) in [6, 6.07) is 0. The molecule has 0 spiro atoms. The van der Waals surface area contributed by atoms with Gasteiger partial charge in [0.15, 0.2) is 8.03 Å². The van der Waals surface area contributed by atoms with Crippen LogP contribution in [0.15, 0.2) is 0 Å². The van der Waals surface area contributed by atoms with Gasteiger partial charge in [-0.15, -0.1) is 0 Å². The van der Waals surface area contributed by atoms with Crippen molar-refractivity contribution in [3.8, 4) is 0 Å². The van der Waals surface area contributed by atoms with Crippen molar-refractivity contribution in [2.24, 2.45) is 5.92 Å². The molecule has 0 N–H and O–H groups in total. The Hall–Kier alpha value is -0.670. The fourth-order valence-corrected chi connectivity index (χ4v) is 2.27. The second-order valence-electron chi connectivity index (χ2n) is 2.90. The van der Waals surface area contributed by atoms with Gasteiger partial charge in [-0.05, 0) is 6.92 Å². The quantitative estimate of drug-likeness (QED) is 0.378. The number of carbonyl (C=O) groups is 2. The monoisotopic (exact) mass is 236 g/mol. The summed E-state index contributed by atoms with van der Waals surface area (Å²) in [5.74, 6) is -1.85. The van der Waals surface area contributed by atoms with E-state index in [1.54, 1.807) is 13.8 Å². The summed E-state index contributed by atoms with van der Waals surface area (Å²) in [5.41, 5.74) is 0. The molecular formula is C9H17O5P. The van der Waals surface area contributed by atoms with Crippen molar-refractivity contribution in [2.75, 3.05) is 19.9 Å². The lowest BCUT2D eigenvalue weighted by atomic mass is 10.1. The highest BCUT2D eigenvalue weighted by Gasteiger charge is 2.28. The van der Waals surface area contributed by atoms with Gasteiger partial charge in [-0.1, -0.05) is 6.92 Å². The number of esters is 1. The number of hydrogen-bond donors (Lipinski definition) is 0. The molecule has 0 aliphatic rings. The van der Waals surface area contributed by atoms with E-state index in [1.807, 2.05) is 0 Å². The Morgan fingerprint density at radius 1 is 1.33 bits per heavy atom. The van der Waals surface area contributed by atoms with Crippen LogP contribution in [-0.2, 0) is 23.4 Å². The van der Waals surface area contributed by atoms with Gasteiger partial charge in [-0.3, -0.25) is 14.2 Å². The molecule has 88 valence electrons. The van der Waals surface area contributed by atoms with E-state index in [-0.39, 0.29) is 18.4 Å². The second kappa shape index (κ2) is 7.60. The first-order valence-corrected chi connectivity index (χ1v) is 6.35. The van der Waals surface area contributed by atoms with Gasteiger partial charge < -0.3 is 9.26 Å². The third-order valence-corrected chi connectivity index (χ3v) is 3.25. The first-order chi connectivity index (χ1) is 7.06. The van der Waals surface area contributed by atoms with E-state index < -0.39 is 19.9 Å². The van der Waals surface area contributed by atoms with Crippen LogP contribution in [0.2, 0.25) is 0 Å². The van der Waals surface area contributed by atoms with Crippen molar-refractivity contribution in [1.29, 1.82) is 0 Å². The van der Waals surface area contributed by atoms with E-state index >= 15 is 0 Å². The molecule has 0 saturated carbocycles. The molecule has 2 atom stereocenters. The zero-order valence-corrected chi connectivity index (χ0v) is 10.2. The lowest BCUT2D eigenvalue weighted by Gasteiger charge is -2.11. The molecule has 0 aromatic heterocycles. The molecule has 0 amide bonds.